The van der Waals surface area contributed by atoms with E-state index >= 15 is 0 Å². The molecule has 1 unspecified atom stereocenters. The monoisotopic (exact) mass is 475 g/mol. The van der Waals surface area contributed by atoms with Gasteiger partial charge in [0, 0.05) is 44.7 Å². The van der Waals surface area contributed by atoms with Crippen molar-refractivity contribution in [3.63, 3.8) is 0 Å². The van der Waals surface area contributed by atoms with E-state index in [1.807, 2.05) is 36.4 Å². The van der Waals surface area contributed by atoms with Gasteiger partial charge in [0.25, 0.3) is 0 Å². The summed E-state index contributed by atoms with van der Waals surface area (Å²) < 4.78 is 6.04. The molecule has 35 heavy (non-hydrogen) atoms. The Morgan fingerprint density at radius 3 is 2.11 bits per heavy atom. The molecule has 3 aliphatic rings. The average molecular weight is 476 g/mol. The zero-order chi connectivity index (χ0) is 24.4. The van der Waals surface area contributed by atoms with Crippen molar-refractivity contribution in [1.29, 1.82) is 0 Å². The maximum atomic E-state index is 13.1. The number of hydrogen-bond acceptors (Lipinski definition) is 5. The molecule has 2 aliphatic heterocycles. The highest BCUT2D eigenvalue weighted by molar-refractivity contribution is 6.06. The van der Waals surface area contributed by atoms with Crippen molar-refractivity contribution in [1.82, 2.24) is 9.80 Å². The quantitative estimate of drug-likeness (QED) is 0.578. The second kappa shape index (κ2) is 10.4. The number of nitrogens with zero attached hydrogens (tertiary/aromatic N) is 3. The van der Waals surface area contributed by atoms with Crippen molar-refractivity contribution in [3.8, 4) is 5.75 Å². The number of ether oxygens (including phenoxy) is 1. The number of rotatable bonds is 6. The molecular weight excluding hydrogens is 438 g/mol. The second-order valence-corrected chi connectivity index (χ2v) is 10.4. The fourth-order valence-corrected chi connectivity index (χ4v) is 6.06. The molecule has 2 heterocycles. The number of hydrogen-bond donors (Lipinski definition) is 0. The van der Waals surface area contributed by atoms with Crippen LogP contribution in [0.25, 0.3) is 0 Å². The Bertz CT molecular complexity index is 1020. The number of carbonyl (C=O) groups excluding carboxylic acids is 2. The van der Waals surface area contributed by atoms with Gasteiger partial charge in [0.2, 0.25) is 11.8 Å². The Hall–Kier alpha value is -2.86. The Morgan fingerprint density at radius 2 is 1.43 bits per heavy atom. The number of likely N-dealkylation sites (tertiary alicyclic amines) is 1. The molecule has 0 N–H and O–H groups in total. The lowest BCUT2D eigenvalue weighted by Gasteiger charge is -2.43. The number of benzene rings is 2. The van der Waals surface area contributed by atoms with E-state index in [0.29, 0.717) is 12.5 Å². The third-order valence-electron chi connectivity index (χ3n) is 7.82. The molecule has 3 fully saturated rings. The van der Waals surface area contributed by atoms with Crippen LogP contribution in [-0.2, 0) is 9.59 Å². The third-order valence-corrected chi connectivity index (χ3v) is 7.82. The summed E-state index contributed by atoms with van der Waals surface area (Å²) in [5, 5.41) is 0. The second-order valence-electron chi connectivity index (χ2n) is 10.4. The SMILES string of the molecule is CC(C)Oc1ccccc1N1CCN(C2CCC(N3C(=O)CC(c4ccccc4)C3=O)CC2)CC1. The summed E-state index contributed by atoms with van der Waals surface area (Å²) in [7, 11) is 0. The molecule has 0 bridgehead atoms. The lowest BCUT2D eigenvalue weighted by atomic mass is 9.88. The summed E-state index contributed by atoms with van der Waals surface area (Å²) in [6.45, 7) is 8.17. The molecule has 2 saturated heterocycles. The van der Waals surface area contributed by atoms with E-state index in [0.717, 1.165) is 63.2 Å². The van der Waals surface area contributed by atoms with E-state index in [9.17, 15) is 9.59 Å². The normalized spacial score (nSPS) is 26.0. The predicted molar refractivity (Wildman–Crippen MR) is 138 cm³/mol. The van der Waals surface area contributed by atoms with Crippen LogP contribution in [0.4, 0.5) is 5.69 Å². The van der Waals surface area contributed by atoms with Crippen molar-refractivity contribution < 1.29 is 14.3 Å². The number of para-hydroxylation sites is 2. The highest BCUT2D eigenvalue weighted by Crippen LogP contribution is 2.36. The van der Waals surface area contributed by atoms with Gasteiger partial charge in [-0.1, -0.05) is 42.5 Å². The van der Waals surface area contributed by atoms with Gasteiger partial charge in [-0.15, -0.1) is 0 Å². The Balaban J connectivity index is 1.14. The van der Waals surface area contributed by atoms with Crippen molar-refractivity contribution in [3.05, 3.63) is 60.2 Å². The van der Waals surface area contributed by atoms with E-state index in [1.54, 1.807) is 4.90 Å². The topological polar surface area (TPSA) is 53.1 Å². The standard InChI is InChI=1S/C29H37N3O3/c1-21(2)35-27-11-7-6-10-26(27)31-18-16-30(17-19-31)23-12-14-24(15-13-23)32-28(33)20-25(29(32)34)22-8-4-3-5-9-22/h3-11,21,23-25H,12-20H2,1-2H3. The number of anilines is 1. The predicted octanol–water partition coefficient (Wildman–Crippen LogP) is 4.45. The minimum absolute atomic E-state index is 0.000506. The molecule has 2 aromatic carbocycles. The fourth-order valence-electron chi connectivity index (χ4n) is 6.06. The van der Waals surface area contributed by atoms with Gasteiger partial charge in [-0.3, -0.25) is 19.4 Å². The van der Waals surface area contributed by atoms with E-state index in [-0.39, 0.29) is 29.9 Å². The van der Waals surface area contributed by atoms with Crippen molar-refractivity contribution >= 4 is 17.5 Å². The summed E-state index contributed by atoms with van der Waals surface area (Å²) >= 11 is 0. The lowest BCUT2D eigenvalue weighted by molar-refractivity contribution is -0.142. The molecule has 2 aromatic rings. The fraction of sp³-hybridized carbons (Fsp3) is 0.517. The van der Waals surface area contributed by atoms with Gasteiger partial charge >= 0.3 is 0 Å². The van der Waals surface area contributed by atoms with Gasteiger partial charge in [-0.05, 0) is 57.2 Å². The van der Waals surface area contributed by atoms with Gasteiger partial charge in [0.05, 0.1) is 17.7 Å². The first-order chi connectivity index (χ1) is 17.0. The average Bonchev–Trinajstić information content (AvgIpc) is 3.18. The number of imide groups is 1. The highest BCUT2D eigenvalue weighted by Gasteiger charge is 2.44. The summed E-state index contributed by atoms with van der Waals surface area (Å²) in [6, 6.07) is 18.7. The lowest BCUT2D eigenvalue weighted by Crippen LogP contribution is -2.52. The van der Waals surface area contributed by atoms with Crippen LogP contribution in [0, 0.1) is 0 Å². The van der Waals surface area contributed by atoms with Gasteiger partial charge in [0.1, 0.15) is 5.75 Å². The Labute approximate surface area is 208 Å². The van der Waals surface area contributed by atoms with E-state index in [2.05, 4.69) is 41.8 Å². The Kier molecular flexibility index (Phi) is 7.09. The molecule has 5 rings (SSSR count). The summed E-state index contributed by atoms with van der Waals surface area (Å²) in [5.41, 5.74) is 2.14. The third kappa shape index (κ3) is 5.08. The van der Waals surface area contributed by atoms with Crippen LogP contribution in [0.5, 0.6) is 5.75 Å². The van der Waals surface area contributed by atoms with Gasteiger partial charge < -0.3 is 9.64 Å². The smallest absolute Gasteiger partial charge is 0.237 e. The van der Waals surface area contributed by atoms with Crippen LogP contribution < -0.4 is 9.64 Å². The first kappa shape index (κ1) is 23.9. The summed E-state index contributed by atoms with van der Waals surface area (Å²) in [4.78, 5) is 32.6. The number of amides is 2. The minimum Gasteiger partial charge on any atom is -0.489 e. The van der Waals surface area contributed by atoms with Crippen LogP contribution >= 0.6 is 0 Å². The molecule has 0 radical (unpaired) electrons. The zero-order valence-electron chi connectivity index (χ0n) is 20.9. The maximum absolute atomic E-state index is 13.1. The number of piperazine rings is 1. The first-order valence-electron chi connectivity index (χ1n) is 13.2. The molecule has 0 aromatic heterocycles. The van der Waals surface area contributed by atoms with Gasteiger partial charge in [0.15, 0.2) is 0 Å². The molecule has 1 aliphatic carbocycles. The molecule has 186 valence electrons. The number of carbonyl (C=O) groups is 2. The van der Waals surface area contributed by atoms with E-state index < -0.39 is 0 Å². The molecule has 2 amide bonds. The van der Waals surface area contributed by atoms with Crippen molar-refractivity contribution in [2.75, 3.05) is 31.1 Å². The molecule has 0 spiro atoms. The van der Waals surface area contributed by atoms with Crippen molar-refractivity contribution in [2.45, 2.75) is 70.1 Å². The Morgan fingerprint density at radius 1 is 0.800 bits per heavy atom. The molecule has 6 heteroatoms. The molecule has 6 nitrogen and oxygen atoms in total. The minimum atomic E-state index is -0.308. The van der Waals surface area contributed by atoms with Crippen LogP contribution in [0.15, 0.2) is 54.6 Å². The molecular formula is C29H37N3O3. The van der Waals surface area contributed by atoms with Crippen LogP contribution in [-0.4, -0.2) is 66.0 Å². The van der Waals surface area contributed by atoms with Crippen LogP contribution in [0.1, 0.15) is 57.4 Å². The van der Waals surface area contributed by atoms with E-state index in [4.69, 9.17) is 4.74 Å². The molecule has 1 saturated carbocycles. The van der Waals surface area contributed by atoms with Crippen molar-refractivity contribution in [2.24, 2.45) is 0 Å². The largest absolute Gasteiger partial charge is 0.489 e. The first-order valence-corrected chi connectivity index (χ1v) is 13.2. The van der Waals surface area contributed by atoms with Gasteiger partial charge in [-0.25, -0.2) is 0 Å². The maximum Gasteiger partial charge on any atom is 0.237 e. The summed E-state index contributed by atoms with van der Waals surface area (Å²) in [6.07, 6.45) is 4.39. The highest BCUT2D eigenvalue weighted by atomic mass is 16.5. The zero-order valence-corrected chi connectivity index (χ0v) is 20.9. The van der Waals surface area contributed by atoms with Crippen LogP contribution in [0.2, 0.25) is 0 Å². The van der Waals surface area contributed by atoms with Gasteiger partial charge in [-0.2, -0.15) is 0 Å². The van der Waals surface area contributed by atoms with Crippen LogP contribution in [0.3, 0.4) is 0 Å². The molecule has 1 atom stereocenters. The summed E-state index contributed by atoms with van der Waals surface area (Å²) in [5.74, 6) is 0.658. The van der Waals surface area contributed by atoms with E-state index in [1.165, 1.54) is 5.69 Å².